The third-order valence-corrected chi connectivity index (χ3v) is 7.17. The van der Waals surface area contributed by atoms with Crippen molar-refractivity contribution >= 4 is 34.3 Å². The fourth-order valence-electron chi connectivity index (χ4n) is 4.60. The van der Waals surface area contributed by atoms with Crippen LogP contribution in [0.4, 0.5) is 5.69 Å². The number of amides is 2. The van der Waals surface area contributed by atoms with E-state index in [4.69, 9.17) is 27.3 Å². The first-order chi connectivity index (χ1) is 19.9. The fraction of sp³-hybridized carbons (Fsp3) is 0.194. The number of pyridine rings is 1. The molecule has 0 radical (unpaired) electrons. The van der Waals surface area contributed by atoms with E-state index in [0.717, 1.165) is 5.56 Å². The molecule has 0 aliphatic carbocycles. The third kappa shape index (κ3) is 5.91. The van der Waals surface area contributed by atoms with Crippen LogP contribution in [-0.4, -0.2) is 53.1 Å². The highest BCUT2D eigenvalue weighted by atomic mass is 35.5. The van der Waals surface area contributed by atoms with Crippen molar-refractivity contribution in [3.05, 3.63) is 101 Å². The minimum Gasteiger partial charge on any atom is -0.489 e. The van der Waals surface area contributed by atoms with Crippen molar-refractivity contribution in [3.63, 3.8) is 0 Å². The van der Waals surface area contributed by atoms with Crippen LogP contribution in [0.5, 0.6) is 5.75 Å². The number of anilines is 1. The first kappa shape index (κ1) is 27.4. The van der Waals surface area contributed by atoms with Gasteiger partial charge in [-0.3, -0.25) is 14.6 Å². The molecule has 3 aromatic rings. The van der Waals surface area contributed by atoms with Crippen LogP contribution >= 0.6 is 11.6 Å². The Kier molecular flexibility index (Phi) is 8.00. The highest BCUT2D eigenvalue weighted by Crippen LogP contribution is 2.33. The first-order valence-corrected chi connectivity index (χ1v) is 13.2. The number of fused-ring (bicyclic) bond motifs is 1. The predicted octanol–water partition coefficient (Wildman–Crippen LogP) is 3.36. The summed E-state index contributed by atoms with van der Waals surface area (Å²) < 4.78 is 6.04. The molecule has 9 nitrogen and oxygen atoms in total. The Morgan fingerprint density at radius 2 is 1.90 bits per heavy atom. The number of rotatable bonds is 4. The lowest BCUT2D eigenvalue weighted by Gasteiger charge is -2.34. The Labute approximate surface area is 242 Å². The van der Waals surface area contributed by atoms with Crippen molar-refractivity contribution in [2.24, 2.45) is 10.7 Å². The van der Waals surface area contributed by atoms with Crippen molar-refractivity contribution in [2.45, 2.75) is 19.0 Å². The molecule has 204 valence electrons. The molecular weight excluding hydrogens is 540 g/mol. The molecule has 0 spiro atoms. The number of benzene rings is 2. The van der Waals surface area contributed by atoms with Crippen molar-refractivity contribution in [1.29, 1.82) is 5.26 Å². The number of aromatic nitrogens is 1. The summed E-state index contributed by atoms with van der Waals surface area (Å²) in [5.74, 6) is 5.63. The molecule has 2 N–H and O–H groups in total. The van der Waals surface area contributed by atoms with Gasteiger partial charge in [0.25, 0.3) is 11.8 Å². The maximum Gasteiger partial charge on any atom is 0.270 e. The maximum absolute atomic E-state index is 13.5. The third-order valence-electron chi connectivity index (χ3n) is 6.82. The number of carbonyl (C=O) groups is 2. The monoisotopic (exact) mass is 564 g/mol. The Hall–Kier alpha value is -5.12. The van der Waals surface area contributed by atoms with Gasteiger partial charge in [0.05, 0.1) is 12.2 Å². The molecule has 41 heavy (non-hydrogen) atoms. The molecule has 0 bridgehead atoms. The quantitative estimate of drug-likeness (QED) is 0.383. The second-order valence-electron chi connectivity index (χ2n) is 9.41. The summed E-state index contributed by atoms with van der Waals surface area (Å²) in [6.45, 7) is 0.548. The molecule has 1 atom stereocenters. The van der Waals surface area contributed by atoms with Gasteiger partial charge >= 0.3 is 0 Å². The predicted molar refractivity (Wildman–Crippen MR) is 155 cm³/mol. The molecule has 0 saturated carbocycles. The lowest BCUT2D eigenvalue weighted by atomic mass is 10.0. The minimum absolute atomic E-state index is 0.0260. The summed E-state index contributed by atoms with van der Waals surface area (Å²) in [5.41, 5.74) is 9.60. The van der Waals surface area contributed by atoms with E-state index in [2.05, 4.69) is 21.8 Å². The van der Waals surface area contributed by atoms with Crippen LogP contribution in [0.25, 0.3) is 0 Å². The molecule has 0 saturated heterocycles. The van der Waals surface area contributed by atoms with Crippen molar-refractivity contribution in [1.82, 2.24) is 9.88 Å². The van der Waals surface area contributed by atoms with E-state index < -0.39 is 11.9 Å². The molecule has 2 amide bonds. The zero-order chi connectivity index (χ0) is 28.9. The van der Waals surface area contributed by atoms with E-state index in [9.17, 15) is 9.59 Å². The van der Waals surface area contributed by atoms with E-state index in [1.54, 1.807) is 43.4 Å². The summed E-state index contributed by atoms with van der Waals surface area (Å²) >= 11 is 6.45. The molecule has 2 aliphatic rings. The largest absolute Gasteiger partial charge is 0.489 e. The van der Waals surface area contributed by atoms with Gasteiger partial charge < -0.3 is 20.3 Å². The number of carbonyl (C=O) groups excluding carboxylic acids is 2. The summed E-state index contributed by atoms with van der Waals surface area (Å²) in [6, 6.07) is 21.0. The molecular formula is C31H25ClN6O3. The van der Waals surface area contributed by atoms with Gasteiger partial charge in [-0.15, -0.1) is 0 Å². The molecule has 1 unspecified atom stereocenters. The number of ether oxygens (including phenoxy) is 1. The molecule has 5 rings (SSSR count). The Morgan fingerprint density at radius 3 is 2.68 bits per heavy atom. The number of likely N-dealkylation sites (N-methyl/N-ethyl adjacent to an activating group) is 1. The van der Waals surface area contributed by atoms with Gasteiger partial charge in [0, 0.05) is 24.7 Å². The highest BCUT2D eigenvalue weighted by Gasteiger charge is 2.39. The van der Waals surface area contributed by atoms with Crippen LogP contribution in [-0.2, 0) is 16.1 Å². The number of aliphatic imine (C=N–C) groups is 1. The van der Waals surface area contributed by atoms with E-state index in [0.29, 0.717) is 41.2 Å². The topological polar surface area (TPSA) is 125 Å². The number of nitriles is 1. The molecule has 2 aliphatic heterocycles. The molecule has 3 heterocycles. The lowest BCUT2D eigenvalue weighted by Crippen LogP contribution is -2.55. The zero-order valence-electron chi connectivity index (χ0n) is 22.2. The normalized spacial score (nSPS) is 17.2. The van der Waals surface area contributed by atoms with Crippen LogP contribution in [0.15, 0.2) is 83.0 Å². The minimum atomic E-state index is -0.882. The number of nitrogens with two attached hydrogens (primary N) is 1. The molecule has 10 heteroatoms. The van der Waals surface area contributed by atoms with Crippen LogP contribution in [0, 0.1) is 23.2 Å². The number of hydrogen-bond donors (Lipinski definition) is 1. The van der Waals surface area contributed by atoms with Gasteiger partial charge in [-0.05, 0) is 48.2 Å². The maximum atomic E-state index is 13.5. The van der Waals surface area contributed by atoms with E-state index in [-0.39, 0.29) is 35.6 Å². The second kappa shape index (κ2) is 12.0. The van der Waals surface area contributed by atoms with E-state index >= 15 is 0 Å². The van der Waals surface area contributed by atoms with Crippen molar-refractivity contribution in [2.75, 3.05) is 25.1 Å². The number of nitrogens with zero attached hydrogens (tertiary/aromatic N) is 5. The zero-order valence-corrected chi connectivity index (χ0v) is 22.9. The van der Waals surface area contributed by atoms with Crippen molar-refractivity contribution < 1.29 is 14.3 Å². The summed E-state index contributed by atoms with van der Waals surface area (Å²) in [7, 11) is 1.64. The summed E-state index contributed by atoms with van der Waals surface area (Å²) in [6.07, 6.45) is 0.357. The fourth-order valence-corrected chi connectivity index (χ4v) is 4.85. The van der Waals surface area contributed by atoms with Gasteiger partial charge in [0.15, 0.2) is 0 Å². The molecule has 1 aromatic heterocycles. The van der Waals surface area contributed by atoms with Gasteiger partial charge in [0.1, 0.15) is 46.7 Å². The number of halogens is 1. The van der Waals surface area contributed by atoms with Gasteiger partial charge in [0.2, 0.25) is 0 Å². The van der Waals surface area contributed by atoms with Gasteiger partial charge in [-0.2, -0.15) is 5.26 Å². The highest BCUT2D eigenvalue weighted by molar-refractivity contribution is 6.69. The average molecular weight is 565 g/mol. The number of hydrogen-bond acceptors (Lipinski definition) is 7. The van der Waals surface area contributed by atoms with E-state index in [1.807, 2.05) is 36.4 Å². The van der Waals surface area contributed by atoms with Crippen LogP contribution < -0.4 is 15.4 Å². The van der Waals surface area contributed by atoms with Crippen LogP contribution in [0.2, 0.25) is 0 Å². The van der Waals surface area contributed by atoms with Crippen LogP contribution in [0.3, 0.4) is 0 Å². The Bertz CT molecular complexity index is 1680. The second-order valence-corrected chi connectivity index (χ2v) is 9.77. The summed E-state index contributed by atoms with van der Waals surface area (Å²) in [5, 5.41) is 9.23. The van der Waals surface area contributed by atoms with Gasteiger partial charge in [-0.1, -0.05) is 53.9 Å². The average Bonchev–Trinajstić information content (AvgIpc) is 3.12. The molecule has 2 aromatic carbocycles. The van der Waals surface area contributed by atoms with Crippen molar-refractivity contribution in [3.8, 4) is 23.7 Å². The first-order valence-electron chi connectivity index (χ1n) is 12.8. The Morgan fingerprint density at radius 1 is 1.12 bits per heavy atom. The SMILES string of the molecule is CN1C(=O)C(N2CCC(C(Cl)=NCc3ccccc3)=C(N)C2=O)COc2cc(C#Cc3cccc(C#N)n3)ccc21. The smallest absolute Gasteiger partial charge is 0.270 e. The lowest BCUT2D eigenvalue weighted by molar-refractivity contribution is -0.137. The van der Waals surface area contributed by atoms with Gasteiger partial charge in [-0.25, -0.2) is 4.98 Å². The Balaban J connectivity index is 1.33. The standard InChI is InChI=1S/C31H25ClN6O3/c1-37-25-13-11-20(10-12-22-8-5-9-23(17-33)36-22)16-27(25)41-19-26(30(37)39)38-15-14-24(28(34)31(38)40)29(32)35-18-21-6-3-2-4-7-21/h2-9,11,13,16,26H,14-15,18-19,34H2,1H3. The summed E-state index contributed by atoms with van der Waals surface area (Å²) in [4.78, 5) is 38.3. The van der Waals surface area contributed by atoms with E-state index in [1.165, 1.54) is 9.80 Å². The van der Waals surface area contributed by atoms with Crippen LogP contribution in [0.1, 0.15) is 28.9 Å². The molecule has 0 fully saturated rings.